The summed E-state index contributed by atoms with van der Waals surface area (Å²) in [6.07, 6.45) is 5.38. The summed E-state index contributed by atoms with van der Waals surface area (Å²) >= 11 is 0. The molecule has 0 aliphatic carbocycles. The van der Waals surface area contributed by atoms with Crippen molar-refractivity contribution >= 4 is 5.84 Å². The van der Waals surface area contributed by atoms with Crippen molar-refractivity contribution in [3.8, 4) is 16.9 Å². The van der Waals surface area contributed by atoms with E-state index in [9.17, 15) is 0 Å². The Bertz CT molecular complexity index is 1240. The molecular weight excluding hydrogens is 372 g/mol. The SMILES string of the molecule is COc1ccc(C2(c3cccc(-c4cccnc4)c3)N=C(N)c3ncccc32)cc1. The predicted molar refractivity (Wildman–Crippen MR) is 118 cm³/mol. The maximum absolute atomic E-state index is 6.35. The maximum atomic E-state index is 6.35. The van der Waals surface area contributed by atoms with Crippen molar-refractivity contribution in [2.45, 2.75) is 5.54 Å². The van der Waals surface area contributed by atoms with E-state index in [1.807, 2.05) is 60.8 Å². The lowest BCUT2D eigenvalue weighted by atomic mass is 9.77. The molecule has 0 spiro atoms. The molecule has 0 amide bonds. The van der Waals surface area contributed by atoms with E-state index < -0.39 is 5.54 Å². The number of pyridine rings is 2. The third kappa shape index (κ3) is 2.75. The van der Waals surface area contributed by atoms with Gasteiger partial charge in [-0.05, 0) is 52.6 Å². The summed E-state index contributed by atoms with van der Waals surface area (Å²) < 4.78 is 5.36. The van der Waals surface area contributed by atoms with Crippen molar-refractivity contribution in [3.05, 3.63) is 114 Å². The van der Waals surface area contributed by atoms with E-state index in [1.54, 1.807) is 19.5 Å². The Morgan fingerprint density at radius 2 is 1.63 bits per heavy atom. The fraction of sp³-hybridized carbons (Fsp3) is 0.0800. The number of nitrogens with zero attached hydrogens (tertiary/aromatic N) is 3. The zero-order valence-corrected chi connectivity index (χ0v) is 16.5. The molecule has 1 aliphatic heterocycles. The molecule has 4 aromatic rings. The average Bonchev–Trinajstić information content (AvgIpc) is 3.13. The van der Waals surface area contributed by atoms with Gasteiger partial charge in [0.2, 0.25) is 0 Å². The first-order valence-corrected chi connectivity index (χ1v) is 9.69. The minimum atomic E-state index is -0.780. The molecule has 0 radical (unpaired) electrons. The summed E-state index contributed by atoms with van der Waals surface area (Å²) in [6, 6.07) is 24.3. The number of rotatable bonds is 4. The second kappa shape index (κ2) is 7.12. The molecule has 2 aromatic carbocycles. The van der Waals surface area contributed by atoms with E-state index in [2.05, 4.69) is 28.2 Å². The molecule has 5 nitrogen and oxygen atoms in total. The van der Waals surface area contributed by atoms with Crippen LogP contribution in [0, 0.1) is 0 Å². The molecule has 3 heterocycles. The number of hydrogen-bond acceptors (Lipinski definition) is 5. The molecular formula is C25H20N4O. The second-order valence-electron chi connectivity index (χ2n) is 7.16. The molecule has 5 rings (SSSR count). The van der Waals surface area contributed by atoms with Gasteiger partial charge in [0.15, 0.2) is 0 Å². The summed E-state index contributed by atoms with van der Waals surface area (Å²) in [7, 11) is 1.66. The minimum Gasteiger partial charge on any atom is -0.497 e. The Hall–Kier alpha value is -3.99. The van der Waals surface area contributed by atoms with Crippen LogP contribution in [-0.2, 0) is 5.54 Å². The molecule has 0 saturated carbocycles. The largest absolute Gasteiger partial charge is 0.497 e. The van der Waals surface area contributed by atoms with E-state index >= 15 is 0 Å². The molecule has 2 aromatic heterocycles. The lowest BCUT2D eigenvalue weighted by Crippen LogP contribution is -2.25. The predicted octanol–water partition coefficient (Wildman–Crippen LogP) is 4.16. The van der Waals surface area contributed by atoms with Crippen molar-refractivity contribution in [2.24, 2.45) is 10.7 Å². The summed E-state index contributed by atoms with van der Waals surface area (Å²) in [5.74, 6) is 1.23. The van der Waals surface area contributed by atoms with Crippen LogP contribution in [0.5, 0.6) is 5.75 Å². The van der Waals surface area contributed by atoms with Gasteiger partial charge in [-0.15, -0.1) is 0 Å². The molecule has 30 heavy (non-hydrogen) atoms. The van der Waals surface area contributed by atoms with Gasteiger partial charge in [-0.25, -0.2) is 4.99 Å². The number of aliphatic imine (C=N–C) groups is 1. The van der Waals surface area contributed by atoms with Gasteiger partial charge in [0.1, 0.15) is 22.8 Å². The van der Waals surface area contributed by atoms with Gasteiger partial charge in [-0.3, -0.25) is 9.97 Å². The minimum absolute atomic E-state index is 0.438. The fourth-order valence-corrected chi connectivity index (χ4v) is 4.09. The lowest BCUT2D eigenvalue weighted by Gasteiger charge is -2.29. The van der Waals surface area contributed by atoms with Crippen LogP contribution in [0.4, 0.5) is 0 Å². The smallest absolute Gasteiger partial charge is 0.146 e. The Morgan fingerprint density at radius 1 is 0.833 bits per heavy atom. The highest BCUT2D eigenvalue weighted by Gasteiger charge is 2.43. The van der Waals surface area contributed by atoms with E-state index in [4.69, 9.17) is 15.5 Å². The van der Waals surface area contributed by atoms with Crippen molar-refractivity contribution in [1.82, 2.24) is 9.97 Å². The van der Waals surface area contributed by atoms with Gasteiger partial charge in [0.05, 0.1) is 7.11 Å². The quantitative estimate of drug-likeness (QED) is 0.566. The molecule has 2 N–H and O–H groups in total. The molecule has 146 valence electrons. The number of aromatic nitrogens is 2. The highest BCUT2D eigenvalue weighted by molar-refractivity contribution is 6.01. The average molecular weight is 392 g/mol. The summed E-state index contributed by atoms with van der Waals surface area (Å²) in [6.45, 7) is 0. The number of fused-ring (bicyclic) bond motifs is 1. The van der Waals surface area contributed by atoms with Crippen LogP contribution in [0.3, 0.4) is 0 Å². The molecule has 1 aliphatic rings. The van der Waals surface area contributed by atoms with Crippen molar-refractivity contribution in [1.29, 1.82) is 0 Å². The van der Waals surface area contributed by atoms with Crippen LogP contribution in [0.25, 0.3) is 11.1 Å². The number of nitrogens with two attached hydrogens (primary N) is 1. The van der Waals surface area contributed by atoms with Crippen LogP contribution < -0.4 is 10.5 Å². The van der Waals surface area contributed by atoms with Crippen molar-refractivity contribution in [2.75, 3.05) is 7.11 Å². The monoisotopic (exact) mass is 392 g/mol. The molecule has 5 heteroatoms. The number of amidine groups is 1. The van der Waals surface area contributed by atoms with Gasteiger partial charge >= 0.3 is 0 Å². The first-order chi connectivity index (χ1) is 14.7. The van der Waals surface area contributed by atoms with Gasteiger partial charge in [0.25, 0.3) is 0 Å². The fourth-order valence-electron chi connectivity index (χ4n) is 4.09. The van der Waals surface area contributed by atoms with Crippen molar-refractivity contribution < 1.29 is 4.74 Å². The van der Waals surface area contributed by atoms with Crippen LogP contribution in [0.1, 0.15) is 22.4 Å². The van der Waals surface area contributed by atoms with E-state index in [-0.39, 0.29) is 0 Å². The third-order valence-corrected chi connectivity index (χ3v) is 5.51. The Labute approximate surface area is 174 Å². The maximum Gasteiger partial charge on any atom is 0.146 e. The Morgan fingerprint density at radius 3 is 2.40 bits per heavy atom. The first-order valence-electron chi connectivity index (χ1n) is 9.69. The van der Waals surface area contributed by atoms with Gasteiger partial charge in [-0.1, -0.05) is 42.5 Å². The van der Waals surface area contributed by atoms with Gasteiger partial charge in [-0.2, -0.15) is 0 Å². The highest BCUT2D eigenvalue weighted by Crippen LogP contribution is 2.46. The first kappa shape index (κ1) is 18.1. The lowest BCUT2D eigenvalue weighted by molar-refractivity contribution is 0.414. The van der Waals surface area contributed by atoms with E-state index in [0.29, 0.717) is 5.84 Å². The van der Waals surface area contributed by atoms with E-state index in [1.165, 1.54) is 0 Å². The molecule has 1 unspecified atom stereocenters. The molecule has 0 bridgehead atoms. The van der Waals surface area contributed by atoms with Crippen LogP contribution in [-0.4, -0.2) is 22.9 Å². The standard InChI is InChI=1S/C25H20N4O/c1-30-21-11-9-19(10-12-21)25(22-8-4-14-28-23(22)24(26)29-25)20-7-2-5-17(15-20)18-6-3-13-27-16-18/h2-16H,1H3,(H2,26,29). The Balaban J connectivity index is 1.77. The number of hydrogen-bond donors (Lipinski definition) is 1. The normalized spacial score (nSPS) is 17.3. The molecule has 0 saturated heterocycles. The van der Waals surface area contributed by atoms with Crippen LogP contribution in [0.2, 0.25) is 0 Å². The summed E-state index contributed by atoms with van der Waals surface area (Å²) in [5.41, 5.74) is 11.4. The topological polar surface area (TPSA) is 73.4 Å². The Kier molecular flexibility index (Phi) is 4.29. The van der Waals surface area contributed by atoms with Gasteiger partial charge in [0, 0.05) is 24.2 Å². The zero-order chi connectivity index (χ0) is 20.6. The highest BCUT2D eigenvalue weighted by atomic mass is 16.5. The zero-order valence-electron chi connectivity index (χ0n) is 16.5. The van der Waals surface area contributed by atoms with Gasteiger partial charge < -0.3 is 10.5 Å². The van der Waals surface area contributed by atoms with Crippen molar-refractivity contribution in [3.63, 3.8) is 0 Å². The van der Waals surface area contributed by atoms with Crippen LogP contribution >= 0.6 is 0 Å². The number of methoxy groups -OCH3 is 1. The molecule has 1 atom stereocenters. The number of ether oxygens (including phenoxy) is 1. The summed E-state index contributed by atoms with van der Waals surface area (Å²) in [4.78, 5) is 13.8. The molecule has 0 fully saturated rings. The third-order valence-electron chi connectivity index (χ3n) is 5.51. The second-order valence-corrected chi connectivity index (χ2v) is 7.16. The van der Waals surface area contributed by atoms with Crippen LogP contribution in [0.15, 0.2) is 96.4 Å². The number of benzene rings is 2. The summed E-state index contributed by atoms with van der Waals surface area (Å²) in [5, 5.41) is 0. The van der Waals surface area contributed by atoms with E-state index in [0.717, 1.165) is 39.3 Å².